The van der Waals surface area contributed by atoms with Gasteiger partial charge in [-0.15, -0.1) is 0 Å². The maximum atomic E-state index is 13.6. The first-order valence-corrected chi connectivity index (χ1v) is 13.9. The molecule has 0 unspecified atom stereocenters. The Kier molecular flexibility index (Phi) is 8.86. The summed E-state index contributed by atoms with van der Waals surface area (Å²) in [5.74, 6) is -0.0320. The van der Waals surface area contributed by atoms with Gasteiger partial charge in [0.15, 0.2) is 5.82 Å². The highest BCUT2D eigenvalue weighted by atomic mass is 35.5. The summed E-state index contributed by atoms with van der Waals surface area (Å²) in [6.07, 6.45) is -1.63. The maximum absolute atomic E-state index is 13.6. The number of alkyl halides is 6. The van der Waals surface area contributed by atoms with Crippen molar-refractivity contribution in [1.82, 2.24) is 45.2 Å². The third-order valence-electron chi connectivity index (χ3n) is 7.14. The van der Waals surface area contributed by atoms with E-state index in [1.807, 2.05) is 5.32 Å². The lowest BCUT2D eigenvalue weighted by Crippen LogP contribution is -2.50. The molecule has 0 atom stereocenters. The van der Waals surface area contributed by atoms with Gasteiger partial charge in [-0.3, -0.25) is 19.7 Å². The lowest BCUT2D eigenvalue weighted by atomic mass is 9.90. The number of rotatable bonds is 7. The molecule has 3 N–H and O–H groups in total. The summed E-state index contributed by atoms with van der Waals surface area (Å²) >= 11 is 6.00. The van der Waals surface area contributed by atoms with Crippen LogP contribution in [0.1, 0.15) is 36.9 Å². The van der Waals surface area contributed by atoms with Crippen molar-refractivity contribution in [3.05, 3.63) is 47.3 Å². The second-order valence-corrected chi connectivity index (χ2v) is 10.8. The van der Waals surface area contributed by atoms with Crippen molar-refractivity contribution in [2.75, 3.05) is 16.8 Å². The number of hydrogen-bond acceptors (Lipinski definition) is 8. The number of hydrogen-bond donors (Lipinski definition) is 3. The summed E-state index contributed by atoms with van der Waals surface area (Å²) in [5, 5.41) is 15.3. The number of carbonyl (C=O) groups excluding carboxylic acids is 1. The van der Waals surface area contributed by atoms with Crippen LogP contribution in [0.2, 0.25) is 5.02 Å². The average Bonchev–Trinajstić information content (AvgIpc) is 3.56. The van der Waals surface area contributed by atoms with E-state index in [0.29, 0.717) is 48.8 Å². The number of halogens is 7. The minimum absolute atomic E-state index is 0.0544. The molecule has 45 heavy (non-hydrogen) atoms. The molecule has 0 aliphatic heterocycles. The molecule has 0 spiro atoms. The molecule has 0 saturated heterocycles. The Morgan fingerprint density at radius 1 is 1.07 bits per heavy atom. The minimum atomic E-state index is -4.76. The van der Waals surface area contributed by atoms with Crippen LogP contribution in [0.15, 0.2) is 31.0 Å². The SMILES string of the molecule is Cc1nn(C)cc1-c1cnc(N(C(=O)NCC(F)(F)F)[C@H]2CC[C@H](Nc3ncc(C(F)(F)F)c(-c4n[nH]cc4Cl)n3)CC2)cn1. The van der Waals surface area contributed by atoms with Crippen LogP contribution in [-0.4, -0.2) is 70.7 Å². The van der Waals surface area contributed by atoms with Crippen molar-refractivity contribution in [3.8, 4) is 22.6 Å². The second-order valence-electron chi connectivity index (χ2n) is 10.4. The summed E-state index contributed by atoms with van der Waals surface area (Å²) in [4.78, 5) is 30.8. The molecule has 240 valence electrons. The quantitative estimate of drug-likeness (QED) is 0.220. The molecule has 0 aromatic carbocycles. The first-order valence-electron chi connectivity index (χ1n) is 13.6. The van der Waals surface area contributed by atoms with Gasteiger partial charge in [0.25, 0.3) is 0 Å². The molecule has 2 amide bonds. The van der Waals surface area contributed by atoms with Crippen molar-refractivity contribution in [2.45, 2.75) is 57.0 Å². The molecule has 1 aliphatic rings. The van der Waals surface area contributed by atoms with Gasteiger partial charge in [-0.2, -0.15) is 36.5 Å². The van der Waals surface area contributed by atoms with E-state index in [0.717, 1.165) is 4.90 Å². The third-order valence-corrected chi connectivity index (χ3v) is 7.43. The smallest absolute Gasteiger partial charge is 0.351 e. The third kappa shape index (κ3) is 7.43. The standard InChI is InChI=1S/C26H26ClF6N11O/c1-13-16(11-43(2)42-13)19-9-35-20(10-34-19)44(24(45)37-12-25(28,29)30)15-5-3-14(4-6-15)39-23-36-7-17(26(31,32)33)21(40-23)22-18(27)8-38-41-22/h7-11,14-15H,3-6,12H2,1-2H3,(H,37,45)(H,38,41)(H,36,39,40)/t14-,15-. The van der Waals surface area contributed by atoms with Gasteiger partial charge in [-0.1, -0.05) is 11.6 Å². The van der Waals surface area contributed by atoms with Crippen LogP contribution in [0.3, 0.4) is 0 Å². The monoisotopic (exact) mass is 657 g/mol. The lowest BCUT2D eigenvalue weighted by Gasteiger charge is -2.36. The van der Waals surface area contributed by atoms with Gasteiger partial charge < -0.3 is 10.6 Å². The van der Waals surface area contributed by atoms with Crippen LogP contribution in [0.5, 0.6) is 0 Å². The second kappa shape index (κ2) is 12.5. The number of nitrogens with zero attached hydrogens (tertiary/aromatic N) is 8. The predicted molar refractivity (Wildman–Crippen MR) is 150 cm³/mol. The van der Waals surface area contributed by atoms with Gasteiger partial charge in [0, 0.05) is 43.3 Å². The van der Waals surface area contributed by atoms with E-state index in [9.17, 15) is 31.1 Å². The molecule has 0 radical (unpaired) electrons. The van der Waals surface area contributed by atoms with Crippen molar-refractivity contribution < 1.29 is 31.1 Å². The number of urea groups is 1. The number of aromatic amines is 1. The van der Waals surface area contributed by atoms with Crippen LogP contribution in [-0.2, 0) is 13.2 Å². The molecule has 4 aromatic heterocycles. The summed E-state index contributed by atoms with van der Waals surface area (Å²) < 4.78 is 81.3. The summed E-state index contributed by atoms with van der Waals surface area (Å²) in [6, 6.07) is -1.86. The first-order chi connectivity index (χ1) is 21.2. The zero-order valence-corrected chi connectivity index (χ0v) is 24.5. The van der Waals surface area contributed by atoms with Crippen LogP contribution in [0, 0.1) is 6.92 Å². The molecule has 1 saturated carbocycles. The van der Waals surface area contributed by atoms with Crippen molar-refractivity contribution in [2.24, 2.45) is 7.05 Å². The zero-order valence-electron chi connectivity index (χ0n) is 23.7. The predicted octanol–water partition coefficient (Wildman–Crippen LogP) is 5.54. The average molecular weight is 658 g/mol. The Labute approximate surface area is 256 Å². The van der Waals surface area contributed by atoms with Crippen LogP contribution in [0.4, 0.5) is 42.9 Å². The Bertz CT molecular complexity index is 1650. The maximum Gasteiger partial charge on any atom is 0.420 e. The highest BCUT2D eigenvalue weighted by molar-refractivity contribution is 6.32. The number of anilines is 2. The van der Waals surface area contributed by atoms with Gasteiger partial charge >= 0.3 is 18.4 Å². The molecule has 4 heterocycles. The molecule has 19 heteroatoms. The summed E-state index contributed by atoms with van der Waals surface area (Å²) in [7, 11) is 1.74. The molecule has 12 nitrogen and oxygen atoms in total. The summed E-state index contributed by atoms with van der Waals surface area (Å²) in [5.41, 5.74) is 0.0682. The highest BCUT2D eigenvalue weighted by Crippen LogP contribution is 2.38. The van der Waals surface area contributed by atoms with E-state index in [1.165, 1.54) is 18.6 Å². The molecule has 4 aromatic rings. The van der Waals surface area contributed by atoms with E-state index < -0.39 is 42.2 Å². The van der Waals surface area contributed by atoms with E-state index in [1.54, 1.807) is 24.9 Å². The largest absolute Gasteiger partial charge is 0.420 e. The Balaban J connectivity index is 1.33. The molecule has 1 fully saturated rings. The number of amides is 2. The Morgan fingerprint density at radius 3 is 2.36 bits per heavy atom. The fourth-order valence-corrected chi connectivity index (χ4v) is 5.28. The van der Waals surface area contributed by atoms with Crippen LogP contribution in [0.25, 0.3) is 22.6 Å². The normalized spacial score (nSPS) is 17.3. The minimum Gasteiger partial charge on any atom is -0.351 e. The van der Waals surface area contributed by atoms with Crippen LogP contribution < -0.4 is 15.5 Å². The van der Waals surface area contributed by atoms with E-state index in [-0.39, 0.29) is 28.5 Å². The Hall–Kier alpha value is -4.48. The van der Waals surface area contributed by atoms with Crippen LogP contribution >= 0.6 is 11.6 Å². The number of carbonyl (C=O) groups is 1. The number of aromatic nitrogens is 8. The molecular formula is C26H26ClF6N11O. The fraction of sp³-hybridized carbons (Fsp3) is 0.423. The Morgan fingerprint density at radius 2 is 1.80 bits per heavy atom. The number of H-pyrrole nitrogens is 1. The van der Waals surface area contributed by atoms with Crippen molar-refractivity contribution in [3.63, 3.8) is 0 Å². The van der Waals surface area contributed by atoms with Gasteiger partial charge in [-0.25, -0.2) is 19.7 Å². The molecule has 1 aliphatic carbocycles. The lowest BCUT2D eigenvalue weighted by molar-refractivity contribution is -0.137. The molecule has 0 bridgehead atoms. The number of aryl methyl sites for hydroxylation is 2. The van der Waals surface area contributed by atoms with E-state index >= 15 is 0 Å². The highest BCUT2D eigenvalue weighted by Gasteiger charge is 2.38. The van der Waals surface area contributed by atoms with Crippen molar-refractivity contribution >= 4 is 29.4 Å². The zero-order chi connectivity index (χ0) is 32.5. The summed E-state index contributed by atoms with van der Waals surface area (Å²) in [6.45, 7) is 0.254. The van der Waals surface area contributed by atoms with Gasteiger partial charge in [0.2, 0.25) is 5.95 Å². The van der Waals surface area contributed by atoms with E-state index in [4.69, 9.17) is 11.6 Å². The molecule has 5 rings (SSSR count). The van der Waals surface area contributed by atoms with Gasteiger partial charge in [0.05, 0.1) is 28.8 Å². The fourth-order valence-electron chi connectivity index (χ4n) is 5.10. The van der Waals surface area contributed by atoms with E-state index in [2.05, 4.69) is 40.5 Å². The van der Waals surface area contributed by atoms with Gasteiger partial charge in [0.1, 0.15) is 23.5 Å². The topological polar surface area (TPSA) is 142 Å². The molecular weight excluding hydrogens is 632 g/mol. The first kappa shape index (κ1) is 31.9. The van der Waals surface area contributed by atoms with Gasteiger partial charge in [-0.05, 0) is 32.6 Å². The number of nitrogens with one attached hydrogen (secondary N) is 3. The van der Waals surface area contributed by atoms with Crippen molar-refractivity contribution in [1.29, 1.82) is 0 Å².